The average molecular weight is 532 g/mol. The Kier molecular flexibility index (Phi) is 9.69. The molecule has 0 bridgehead atoms. The van der Waals surface area contributed by atoms with E-state index >= 15 is 0 Å². The Morgan fingerprint density at radius 2 is 1.77 bits per heavy atom. The summed E-state index contributed by atoms with van der Waals surface area (Å²) in [4.78, 5) is 15.6. The van der Waals surface area contributed by atoms with Crippen molar-refractivity contribution in [3.63, 3.8) is 0 Å². The summed E-state index contributed by atoms with van der Waals surface area (Å²) in [5, 5.41) is 35.4. The van der Waals surface area contributed by atoms with Gasteiger partial charge in [0, 0.05) is 35.4 Å². The number of aliphatic hydroxyl groups is 2. The lowest BCUT2D eigenvalue weighted by atomic mass is 10.1. The van der Waals surface area contributed by atoms with Gasteiger partial charge >= 0.3 is 6.09 Å². The van der Waals surface area contributed by atoms with Crippen molar-refractivity contribution in [2.24, 2.45) is 0 Å². The minimum Gasteiger partial charge on any atom is -0.491 e. The van der Waals surface area contributed by atoms with Gasteiger partial charge in [-0.25, -0.2) is 4.79 Å². The summed E-state index contributed by atoms with van der Waals surface area (Å²) in [6.45, 7) is 2.36. The van der Waals surface area contributed by atoms with Gasteiger partial charge in [0.25, 0.3) is 0 Å². The molecule has 1 heterocycles. The Morgan fingerprint density at radius 3 is 2.46 bits per heavy atom. The van der Waals surface area contributed by atoms with Crippen molar-refractivity contribution < 1.29 is 29.6 Å². The van der Waals surface area contributed by atoms with Gasteiger partial charge in [-0.15, -0.1) is 0 Å². The van der Waals surface area contributed by atoms with Gasteiger partial charge in [-0.1, -0.05) is 37.3 Å². The summed E-state index contributed by atoms with van der Waals surface area (Å²) >= 11 is 0. The molecule has 0 saturated carbocycles. The molecule has 0 aliphatic heterocycles. The zero-order valence-corrected chi connectivity index (χ0v) is 21.7. The Labute approximate surface area is 227 Å². The summed E-state index contributed by atoms with van der Waals surface area (Å²) < 4.78 is 11.8. The molecule has 0 spiro atoms. The van der Waals surface area contributed by atoms with Crippen LogP contribution in [0.3, 0.4) is 0 Å². The van der Waals surface area contributed by atoms with Crippen LogP contribution in [0, 0.1) is 0 Å². The molecule has 204 valence electrons. The van der Waals surface area contributed by atoms with Crippen LogP contribution in [-0.2, 0) is 12.8 Å². The van der Waals surface area contributed by atoms with Crippen LogP contribution in [0.1, 0.15) is 18.2 Å². The number of ether oxygens (including phenoxy) is 2. The van der Waals surface area contributed by atoms with Crippen molar-refractivity contribution in [3.8, 4) is 17.2 Å². The van der Waals surface area contributed by atoms with Crippen LogP contribution in [-0.4, -0.2) is 58.3 Å². The van der Waals surface area contributed by atoms with Crippen LogP contribution in [0.5, 0.6) is 17.2 Å². The summed E-state index contributed by atoms with van der Waals surface area (Å²) in [5.74, 6) is 1.97. The summed E-state index contributed by atoms with van der Waals surface area (Å²) in [6.07, 6.45) is -0.580. The van der Waals surface area contributed by atoms with Crippen LogP contribution in [0.4, 0.5) is 10.5 Å². The number of hydrogen-bond donors (Lipinski definition) is 5. The van der Waals surface area contributed by atoms with E-state index in [2.05, 4.69) is 15.6 Å². The highest BCUT2D eigenvalue weighted by Gasteiger charge is 2.13. The van der Waals surface area contributed by atoms with Gasteiger partial charge in [0.2, 0.25) is 0 Å². The molecule has 0 aliphatic carbocycles. The van der Waals surface area contributed by atoms with Crippen LogP contribution < -0.4 is 20.1 Å². The molecule has 9 heteroatoms. The van der Waals surface area contributed by atoms with E-state index in [1.54, 1.807) is 18.2 Å². The van der Waals surface area contributed by atoms with Crippen molar-refractivity contribution in [2.45, 2.75) is 31.9 Å². The van der Waals surface area contributed by atoms with Crippen molar-refractivity contribution in [2.75, 3.05) is 25.1 Å². The lowest BCUT2D eigenvalue weighted by Crippen LogP contribution is -2.41. The van der Waals surface area contributed by atoms with Crippen LogP contribution in [0.25, 0.3) is 10.9 Å². The quantitative estimate of drug-likeness (QED) is 0.169. The molecule has 2 atom stereocenters. The second-order valence-electron chi connectivity index (χ2n) is 9.14. The number of anilines is 1. The Bertz CT molecular complexity index is 1360. The van der Waals surface area contributed by atoms with Crippen LogP contribution in [0.15, 0.2) is 78.9 Å². The second-order valence-corrected chi connectivity index (χ2v) is 9.14. The molecule has 4 aromatic rings. The van der Waals surface area contributed by atoms with Crippen molar-refractivity contribution in [3.05, 3.63) is 90.1 Å². The van der Waals surface area contributed by atoms with E-state index in [4.69, 9.17) is 14.6 Å². The van der Waals surface area contributed by atoms with E-state index in [1.165, 1.54) is 0 Å². The lowest BCUT2D eigenvalue weighted by Gasteiger charge is -2.19. The zero-order chi connectivity index (χ0) is 27.6. The predicted octanol–water partition coefficient (Wildman–Crippen LogP) is 4.61. The first-order valence-electron chi connectivity index (χ1n) is 12.8. The topological polar surface area (TPSA) is 133 Å². The van der Waals surface area contributed by atoms with E-state index < -0.39 is 12.2 Å². The first-order valence-corrected chi connectivity index (χ1v) is 12.8. The highest BCUT2D eigenvalue weighted by atomic mass is 16.5. The molecular weight excluding hydrogens is 498 g/mol. The number of carbonyl (C=O) groups is 1. The third-order valence-corrected chi connectivity index (χ3v) is 6.12. The molecule has 4 rings (SSSR count). The maximum absolute atomic E-state index is 11.0. The molecule has 5 N–H and O–H groups in total. The third-order valence-electron chi connectivity index (χ3n) is 6.12. The SMILES string of the molecule is CCc1cc(Oc2ccc(C[C@@H](CO)NC[C@H](O)COc3ccccc3)cc2)c2ccc(NC(=O)O)cc2n1. The molecule has 39 heavy (non-hydrogen) atoms. The maximum atomic E-state index is 11.0. The normalized spacial score (nSPS) is 12.6. The van der Waals surface area contributed by atoms with Crippen molar-refractivity contribution in [1.29, 1.82) is 0 Å². The largest absolute Gasteiger partial charge is 0.491 e. The van der Waals surface area contributed by atoms with E-state index in [1.807, 2.05) is 67.6 Å². The maximum Gasteiger partial charge on any atom is 0.409 e. The average Bonchev–Trinajstić information content (AvgIpc) is 2.95. The van der Waals surface area contributed by atoms with E-state index in [9.17, 15) is 15.0 Å². The fraction of sp³-hybridized carbons (Fsp3) is 0.267. The number of rotatable bonds is 13. The number of hydrogen-bond acceptors (Lipinski definition) is 7. The molecule has 1 aromatic heterocycles. The molecule has 0 saturated heterocycles. The summed E-state index contributed by atoms with van der Waals surface area (Å²) in [7, 11) is 0. The van der Waals surface area contributed by atoms with Gasteiger partial charge in [0.1, 0.15) is 30.0 Å². The number of aryl methyl sites for hydroxylation is 1. The minimum atomic E-state index is -1.13. The fourth-order valence-electron chi connectivity index (χ4n) is 4.09. The Hall–Kier alpha value is -4.18. The number of nitrogens with zero attached hydrogens (tertiary/aromatic N) is 1. The number of pyridine rings is 1. The third kappa shape index (κ3) is 8.15. The van der Waals surface area contributed by atoms with E-state index in [0.29, 0.717) is 41.3 Å². The number of para-hydroxylation sites is 1. The number of fused-ring (bicyclic) bond motifs is 1. The number of aromatic nitrogens is 1. The van der Waals surface area contributed by atoms with Gasteiger partial charge in [-0.05, 0) is 60.9 Å². The molecule has 0 aliphatic rings. The zero-order valence-electron chi connectivity index (χ0n) is 21.7. The first-order chi connectivity index (χ1) is 18.9. The summed E-state index contributed by atoms with van der Waals surface area (Å²) in [5.41, 5.74) is 2.91. The minimum absolute atomic E-state index is 0.0773. The molecule has 0 radical (unpaired) electrons. The smallest absolute Gasteiger partial charge is 0.409 e. The number of aliphatic hydroxyl groups excluding tert-OH is 2. The van der Waals surface area contributed by atoms with Gasteiger partial charge in [-0.2, -0.15) is 0 Å². The predicted molar refractivity (Wildman–Crippen MR) is 150 cm³/mol. The van der Waals surface area contributed by atoms with Crippen molar-refractivity contribution >= 4 is 22.7 Å². The van der Waals surface area contributed by atoms with Gasteiger partial charge in [-0.3, -0.25) is 10.3 Å². The van der Waals surface area contributed by atoms with Gasteiger partial charge < -0.3 is 30.1 Å². The summed E-state index contributed by atoms with van der Waals surface area (Å²) in [6, 6.07) is 23.7. The van der Waals surface area contributed by atoms with Gasteiger partial charge in [0.15, 0.2) is 0 Å². The monoisotopic (exact) mass is 531 g/mol. The molecule has 0 unspecified atom stereocenters. The molecule has 9 nitrogen and oxygen atoms in total. The number of benzene rings is 3. The Balaban J connectivity index is 1.36. The van der Waals surface area contributed by atoms with E-state index in [0.717, 1.165) is 16.6 Å². The molecular formula is C30H33N3O6. The highest BCUT2D eigenvalue weighted by Crippen LogP contribution is 2.32. The number of carboxylic acid groups (broad SMARTS) is 1. The first kappa shape index (κ1) is 27.8. The van der Waals surface area contributed by atoms with E-state index in [-0.39, 0.29) is 25.8 Å². The number of nitrogens with one attached hydrogen (secondary N) is 2. The lowest BCUT2D eigenvalue weighted by molar-refractivity contribution is 0.0997. The number of amides is 1. The standard InChI is InChI=1S/C30H33N3O6/c1-2-21-16-29(27-13-10-22(33-30(36)37)15-28(27)32-21)39-26-11-8-20(9-12-26)14-23(18-34)31-17-24(35)19-38-25-6-4-3-5-7-25/h3-13,15-16,23-24,31,33-35H,2,14,17-19H2,1H3,(H,36,37)/t23-,24-/m0/s1. The fourth-order valence-corrected chi connectivity index (χ4v) is 4.09. The molecule has 0 fully saturated rings. The Morgan fingerprint density at radius 1 is 1.00 bits per heavy atom. The van der Waals surface area contributed by atoms with Crippen LogP contribution >= 0.6 is 0 Å². The van der Waals surface area contributed by atoms with Crippen molar-refractivity contribution in [1.82, 2.24) is 10.3 Å². The second kappa shape index (κ2) is 13.6. The molecule has 1 amide bonds. The van der Waals surface area contributed by atoms with Gasteiger partial charge in [0.05, 0.1) is 12.1 Å². The molecule has 3 aromatic carbocycles. The van der Waals surface area contributed by atoms with Crippen LogP contribution in [0.2, 0.25) is 0 Å². The highest BCUT2D eigenvalue weighted by molar-refractivity contribution is 5.91.